The van der Waals surface area contributed by atoms with Crippen molar-refractivity contribution in [2.75, 3.05) is 46.4 Å². The standard InChI is InChI=1S/C74H102N12O17/c1-13-15-17-27-52-65(93)81-54(40-48-45-86(71(99)103-74(9,10)11)56-29-21-20-26-50(48)56)63(91)77-43-60(88)79-51(28-22-35-75-70(98)100-37-14-2)64(92)83-55(41-62(90)102-73(6,7)8)69(97)85-36-23-30-57(85)67(95)78-42-59(87)76-44-61(89)84(12)58(39-46-24-18-16-19-25-46)68(96)82-53(66(94)80-52)38-47-31-33-49(34-32-47)101-72(3,4)5/h14,16,18-21,24-26,29,31-34,45,51-55,57-58H,2,13,15,17,22-23,27-28,30,35-44H2,1,3-12H3,(H,75,98)(H,76,87)(H,77,91)(H,78,95)(H,79,88)(H,80,94)(H,81,93)(H,82,96)(H,83,92)/t51-,52-,53-,54-,55-,57+,58-/m0/s1. The van der Waals surface area contributed by atoms with Gasteiger partial charge >= 0.3 is 18.2 Å². The monoisotopic (exact) mass is 1430 g/mol. The lowest BCUT2D eigenvalue weighted by Gasteiger charge is -2.30. The maximum absolute atomic E-state index is 15.2. The Labute approximate surface area is 601 Å². The van der Waals surface area contributed by atoms with Crippen LogP contribution in [0.3, 0.4) is 0 Å². The predicted octanol–water partition coefficient (Wildman–Crippen LogP) is 4.24. The lowest BCUT2D eigenvalue weighted by Crippen LogP contribution is -2.60. The fourth-order valence-corrected chi connectivity index (χ4v) is 11.6. The second kappa shape index (κ2) is 38.1. The van der Waals surface area contributed by atoms with Gasteiger partial charge in [0.25, 0.3) is 0 Å². The van der Waals surface area contributed by atoms with E-state index in [0.717, 1.165) is 9.80 Å². The molecule has 0 spiro atoms. The fraction of sp³-hybridized carbons (Fsp3) is 0.527. The summed E-state index contributed by atoms with van der Waals surface area (Å²) >= 11 is 0. The van der Waals surface area contributed by atoms with Crippen LogP contribution in [0.2, 0.25) is 0 Å². The third-order valence-corrected chi connectivity index (χ3v) is 16.5. The van der Waals surface area contributed by atoms with Crippen LogP contribution in [0.25, 0.3) is 10.9 Å². The van der Waals surface area contributed by atoms with Crippen molar-refractivity contribution in [1.82, 2.24) is 62.2 Å². The van der Waals surface area contributed by atoms with Crippen molar-refractivity contribution >= 4 is 88.1 Å². The Morgan fingerprint density at radius 2 is 1.17 bits per heavy atom. The average Bonchev–Trinajstić information content (AvgIpc) is 1.64. The van der Waals surface area contributed by atoms with E-state index in [1.807, 2.05) is 27.7 Å². The Bertz CT molecular complexity index is 3670. The summed E-state index contributed by atoms with van der Waals surface area (Å²) in [5.41, 5.74) is -0.629. The summed E-state index contributed by atoms with van der Waals surface area (Å²) in [6.07, 6.45) is 1.73. The molecule has 2 saturated heterocycles. The van der Waals surface area contributed by atoms with E-state index in [1.54, 1.807) is 120 Å². The van der Waals surface area contributed by atoms with E-state index in [2.05, 4.69) is 54.4 Å². The van der Waals surface area contributed by atoms with E-state index in [-0.39, 0.29) is 71.1 Å². The molecular weight excluding hydrogens is 1330 g/mol. The van der Waals surface area contributed by atoms with Crippen molar-refractivity contribution in [3.63, 3.8) is 0 Å². The molecule has 11 amide bonds. The zero-order valence-corrected chi connectivity index (χ0v) is 60.9. The van der Waals surface area contributed by atoms with Gasteiger partial charge in [-0.3, -0.25) is 57.3 Å². The van der Waals surface area contributed by atoms with Crippen molar-refractivity contribution in [2.24, 2.45) is 0 Å². The highest BCUT2D eigenvalue weighted by molar-refractivity contribution is 6.00. The maximum atomic E-state index is 15.2. The average molecular weight is 1430 g/mol. The minimum absolute atomic E-state index is 0.00551. The van der Waals surface area contributed by atoms with E-state index < -0.39 is 162 Å². The van der Waals surface area contributed by atoms with Gasteiger partial charge in [-0.15, -0.1) is 0 Å². The molecule has 3 heterocycles. The molecule has 6 rings (SSSR count). The number of fused-ring (bicyclic) bond motifs is 2. The molecule has 0 radical (unpaired) electrons. The fourth-order valence-electron chi connectivity index (χ4n) is 11.6. The number of carbonyl (C=O) groups is 13. The number of hydrogen-bond acceptors (Lipinski definition) is 17. The molecule has 1 aromatic heterocycles. The number of aromatic nitrogens is 1. The first-order valence-electron chi connectivity index (χ1n) is 34.9. The molecule has 9 N–H and O–H groups in total. The number of amides is 11. The number of hydrogen-bond donors (Lipinski definition) is 9. The molecule has 0 aliphatic carbocycles. The van der Waals surface area contributed by atoms with Crippen LogP contribution in [-0.4, -0.2) is 197 Å². The summed E-state index contributed by atoms with van der Waals surface area (Å²) in [6, 6.07) is 12.1. The van der Waals surface area contributed by atoms with Crippen molar-refractivity contribution in [1.29, 1.82) is 0 Å². The third-order valence-electron chi connectivity index (χ3n) is 16.5. The first-order valence-corrected chi connectivity index (χ1v) is 34.9. The molecule has 29 heteroatoms. The zero-order chi connectivity index (χ0) is 75.8. The van der Waals surface area contributed by atoms with Gasteiger partial charge in [0.1, 0.15) is 71.5 Å². The Morgan fingerprint density at radius 3 is 1.83 bits per heavy atom. The molecule has 2 fully saturated rings. The number of nitrogens with zero attached hydrogens (tertiary/aromatic N) is 3. The highest BCUT2D eigenvalue weighted by atomic mass is 16.6. The van der Waals surface area contributed by atoms with Crippen LogP contribution in [0.5, 0.6) is 5.75 Å². The van der Waals surface area contributed by atoms with Crippen LogP contribution >= 0.6 is 0 Å². The molecule has 0 saturated carbocycles. The SMILES string of the molecule is C=CCOC(=O)NCCC[C@@H]1NC(=O)CNC(=O)[C@H](Cc2cn(C(=O)OC(C)(C)C)c3ccccc23)NC(=O)[C@H](CCCCC)NC(=O)[C@H](Cc2ccc(OC(C)(C)C)cc2)NC(=O)[C@H](Cc2ccccc2)N(C)C(=O)CNC(=O)CNC(=O)[C@H]2CCCN2C(=O)[C@H](CC(=O)OC(C)(C)C)NC1=O. The minimum atomic E-state index is -1.72. The van der Waals surface area contributed by atoms with Gasteiger partial charge in [-0.05, 0) is 129 Å². The molecule has 4 aromatic rings. The van der Waals surface area contributed by atoms with Crippen molar-refractivity contribution in [2.45, 2.75) is 205 Å². The Hall–Kier alpha value is -10.3. The molecule has 3 aromatic carbocycles. The van der Waals surface area contributed by atoms with E-state index in [1.165, 1.54) is 23.9 Å². The molecule has 560 valence electrons. The Kier molecular flexibility index (Phi) is 30.2. The molecule has 2 aliphatic heterocycles. The van der Waals surface area contributed by atoms with E-state index >= 15 is 19.2 Å². The summed E-state index contributed by atoms with van der Waals surface area (Å²) in [5, 5.41) is 24.3. The lowest BCUT2D eigenvalue weighted by atomic mass is 10.00. The molecule has 7 atom stereocenters. The molecule has 103 heavy (non-hydrogen) atoms. The molecule has 0 bridgehead atoms. The second-order valence-corrected chi connectivity index (χ2v) is 28.5. The van der Waals surface area contributed by atoms with Crippen molar-refractivity contribution in [3.05, 3.63) is 114 Å². The number of ether oxygens (including phenoxy) is 4. The van der Waals surface area contributed by atoms with Crippen LogP contribution in [0, 0.1) is 0 Å². The van der Waals surface area contributed by atoms with Gasteiger partial charge in [-0.1, -0.05) is 99.5 Å². The minimum Gasteiger partial charge on any atom is -0.488 e. The zero-order valence-electron chi connectivity index (χ0n) is 60.9. The molecule has 0 unspecified atom stereocenters. The van der Waals surface area contributed by atoms with E-state index in [4.69, 9.17) is 18.9 Å². The summed E-state index contributed by atoms with van der Waals surface area (Å²) < 4.78 is 23.7. The molecule has 29 nitrogen and oxygen atoms in total. The lowest BCUT2D eigenvalue weighted by molar-refractivity contribution is -0.158. The summed E-state index contributed by atoms with van der Waals surface area (Å²) in [7, 11) is 1.35. The predicted molar refractivity (Wildman–Crippen MR) is 381 cm³/mol. The quantitative estimate of drug-likeness (QED) is 0.0274. The maximum Gasteiger partial charge on any atom is 0.419 e. The Morgan fingerprint density at radius 1 is 0.592 bits per heavy atom. The van der Waals surface area contributed by atoms with Crippen molar-refractivity contribution < 1.29 is 81.3 Å². The van der Waals surface area contributed by atoms with Crippen LogP contribution < -0.4 is 52.6 Å². The first kappa shape index (κ1) is 81.6. The summed E-state index contributed by atoms with van der Waals surface area (Å²) in [6.45, 7) is 18.5. The summed E-state index contributed by atoms with van der Waals surface area (Å²) in [5.74, 6) is -9.06. The largest absolute Gasteiger partial charge is 0.488 e. The van der Waals surface area contributed by atoms with E-state index in [0.29, 0.717) is 52.6 Å². The molecular formula is C74H102N12O17. The number of carbonyl (C=O) groups excluding carboxylic acids is 13. The van der Waals surface area contributed by atoms with Gasteiger partial charge in [-0.25, -0.2) is 9.59 Å². The topological polar surface area (TPSA) is 379 Å². The highest BCUT2D eigenvalue weighted by Crippen LogP contribution is 2.26. The number of likely N-dealkylation sites (N-methyl/N-ethyl adjacent to an activating group) is 1. The van der Waals surface area contributed by atoms with Crippen LogP contribution in [0.15, 0.2) is 97.7 Å². The van der Waals surface area contributed by atoms with Gasteiger partial charge in [-0.2, -0.15) is 0 Å². The molecule has 2 aliphatic rings. The number of alkyl carbamates (subject to hydrolysis) is 1. The van der Waals surface area contributed by atoms with Gasteiger partial charge in [0, 0.05) is 51.0 Å². The van der Waals surface area contributed by atoms with E-state index in [9.17, 15) is 43.2 Å². The number of unbranched alkanes of at least 4 members (excludes halogenated alkanes) is 2. The first-order chi connectivity index (χ1) is 48.6. The number of rotatable bonds is 19. The summed E-state index contributed by atoms with van der Waals surface area (Å²) in [4.78, 5) is 188. The number of esters is 1. The van der Waals surface area contributed by atoms with Crippen LogP contribution in [0.4, 0.5) is 9.59 Å². The number of benzene rings is 3. The van der Waals surface area contributed by atoms with Crippen LogP contribution in [-0.2, 0) is 86.2 Å². The van der Waals surface area contributed by atoms with Gasteiger partial charge in [0.2, 0.25) is 59.1 Å². The highest BCUT2D eigenvalue weighted by Gasteiger charge is 2.41. The smallest absolute Gasteiger partial charge is 0.419 e. The normalized spacial score (nSPS) is 20.9. The second-order valence-electron chi connectivity index (χ2n) is 28.5. The van der Waals surface area contributed by atoms with Gasteiger partial charge in [0.15, 0.2) is 0 Å². The van der Waals surface area contributed by atoms with Gasteiger partial charge in [0.05, 0.1) is 31.6 Å². The van der Waals surface area contributed by atoms with Crippen LogP contribution in [0.1, 0.15) is 144 Å². The third kappa shape index (κ3) is 26.5. The Balaban J connectivity index is 1.46. The number of para-hydroxylation sites is 1. The van der Waals surface area contributed by atoms with Crippen molar-refractivity contribution in [3.8, 4) is 5.75 Å². The van der Waals surface area contributed by atoms with Gasteiger partial charge < -0.3 is 76.6 Å². The number of nitrogens with one attached hydrogen (secondary N) is 9.